The second-order valence-corrected chi connectivity index (χ2v) is 5.88. The molecule has 1 atom stereocenters. The number of nitrogens with one attached hydrogen (secondary N) is 2. The number of hydrogen-bond acceptors (Lipinski definition) is 2. The van der Waals surface area contributed by atoms with Gasteiger partial charge in [0.25, 0.3) is 0 Å². The monoisotopic (exact) mass is 306 g/mol. The smallest absolute Gasteiger partial charge is 0.229 e. The third-order valence-corrected chi connectivity index (χ3v) is 4.37. The molecule has 23 heavy (non-hydrogen) atoms. The molecule has 3 heterocycles. The van der Waals surface area contributed by atoms with Gasteiger partial charge in [0.2, 0.25) is 5.91 Å². The van der Waals surface area contributed by atoms with E-state index in [1.165, 1.54) is 0 Å². The Balaban J connectivity index is 1.43. The molecule has 3 aromatic rings. The minimum absolute atomic E-state index is 0.000200. The summed E-state index contributed by atoms with van der Waals surface area (Å²) in [5, 5.41) is 3.02. The van der Waals surface area contributed by atoms with Gasteiger partial charge in [-0.2, -0.15) is 0 Å². The topological polar surface area (TPSA) is 62.7 Å². The van der Waals surface area contributed by atoms with Gasteiger partial charge in [0.1, 0.15) is 5.82 Å². The number of hydrogen-bond donors (Lipinski definition) is 2. The first-order valence-corrected chi connectivity index (χ1v) is 7.84. The van der Waals surface area contributed by atoms with E-state index >= 15 is 0 Å². The maximum Gasteiger partial charge on any atom is 0.229 e. The first-order valence-electron chi connectivity index (χ1n) is 7.84. The lowest BCUT2D eigenvalue weighted by atomic mass is 9.98. The normalized spacial score (nSPS) is 16.8. The molecule has 0 radical (unpaired) electrons. The van der Waals surface area contributed by atoms with Crippen molar-refractivity contribution in [1.29, 1.82) is 0 Å². The minimum Gasteiger partial charge on any atom is -0.361 e. The number of fused-ring (bicyclic) bond motifs is 1. The van der Waals surface area contributed by atoms with Crippen molar-refractivity contribution in [2.24, 2.45) is 5.92 Å². The summed E-state index contributed by atoms with van der Waals surface area (Å²) in [5.41, 5.74) is 3.01. The number of aryl methyl sites for hydroxylation is 1. The van der Waals surface area contributed by atoms with E-state index in [9.17, 15) is 4.79 Å². The number of amides is 1. The average Bonchev–Trinajstić information content (AvgIpc) is 3.26. The molecule has 0 saturated heterocycles. The van der Waals surface area contributed by atoms with Crippen molar-refractivity contribution >= 4 is 11.6 Å². The van der Waals surface area contributed by atoms with E-state index in [0.717, 1.165) is 35.6 Å². The molecule has 0 bridgehead atoms. The fourth-order valence-electron chi connectivity index (χ4n) is 3.07. The molecule has 0 saturated carbocycles. The molecular weight excluding hydrogens is 288 g/mol. The summed E-state index contributed by atoms with van der Waals surface area (Å²) in [7, 11) is 0. The summed E-state index contributed by atoms with van der Waals surface area (Å²) in [6.07, 6.45) is 7.35. The number of nitrogens with zero attached hydrogens (tertiary/aromatic N) is 2. The third kappa shape index (κ3) is 2.77. The second-order valence-electron chi connectivity index (χ2n) is 5.88. The van der Waals surface area contributed by atoms with Gasteiger partial charge in [-0.05, 0) is 36.2 Å². The van der Waals surface area contributed by atoms with Crippen LogP contribution in [0.4, 0.5) is 5.69 Å². The Kier molecular flexibility index (Phi) is 3.46. The molecule has 5 nitrogen and oxygen atoms in total. The van der Waals surface area contributed by atoms with Crippen molar-refractivity contribution in [3.8, 4) is 11.3 Å². The molecule has 1 amide bonds. The maximum atomic E-state index is 12.5. The quantitative estimate of drug-likeness (QED) is 0.781. The zero-order valence-corrected chi connectivity index (χ0v) is 12.7. The van der Waals surface area contributed by atoms with Crippen LogP contribution in [-0.4, -0.2) is 20.4 Å². The summed E-state index contributed by atoms with van der Waals surface area (Å²) < 4.78 is 2.07. The Labute approximate surface area is 134 Å². The zero-order valence-electron chi connectivity index (χ0n) is 12.7. The number of rotatable bonds is 3. The average molecular weight is 306 g/mol. The van der Waals surface area contributed by atoms with Gasteiger partial charge in [-0.25, -0.2) is 4.98 Å². The van der Waals surface area contributed by atoms with Crippen LogP contribution in [-0.2, 0) is 17.8 Å². The van der Waals surface area contributed by atoms with Crippen LogP contribution in [0.15, 0.2) is 55.0 Å². The van der Waals surface area contributed by atoms with E-state index in [0.29, 0.717) is 6.54 Å². The Hall–Kier alpha value is -2.82. The predicted octanol–water partition coefficient (Wildman–Crippen LogP) is 3.08. The number of imidazole rings is 1. The molecule has 0 fully saturated rings. The molecule has 4 rings (SSSR count). The third-order valence-electron chi connectivity index (χ3n) is 4.37. The molecule has 5 heteroatoms. The highest BCUT2D eigenvalue weighted by atomic mass is 16.1. The lowest BCUT2D eigenvalue weighted by molar-refractivity contribution is -0.120. The molecule has 2 aromatic heterocycles. The molecule has 1 aliphatic rings. The zero-order chi connectivity index (χ0) is 15.6. The van der Waals surface area contributed by atoms with Crippen LogP contribution < -0.4 is 5.32 Å². The molecule has 1 unspecified atom stereocenters. The van der Waals surface area contributed by atoms with E-state index in [-0.39, 0.29) is 11.8 Å². The number of anilines is 1. The predicted molar refractivity (Wildman–Crippen MR) is 88.9 cm³/mol. The lowest BCUT2D eigenvalue weighted by Crippen LogP contribution is -2.31. The SMILES string of the molecule is O=C(Nc1ccc(-c2ccc[nH]2)cc1)C1CCc2nccn2C1. The first-order chi connectivity index (χ1) is 11.3. The maximum absolute atomic E-state index is 12.5. The van der Waals surface area contributed by atoms with E-state index in [1.807, 2.05) is 48.8 Å². The highest BCUT2D eigenvalue weighted by molar-refractivity contribution is 5.92. The molecule has 0 aliphatic carbocycles. The van der Waals surface area contributed by atoms with Crippen LogP contribution in [0.1, 0.15) is 12.2 Å². The highest BCUT2D eigenvalue weighted by Crippen LogP contribution is 2.22. The summed E-state index contributed by atoms with van der Waals surface area (Å²) in [5.74, 6) is 1.15. The van der Waals surface area contributed by atoms with Gasteiger partial charge in [-0.1, -0.05) is 12.1 Å². The fourth-order valence-corrected chi connectivity index (χ4v) is 3.07. The van der Waals surface area contributed by atoms with E-state index in [2.05, 4.69) is 19.9 Å². The Morgan fingerprint density at radius 1 is 1.26 bits per heavy atom. The van der Waals surface area contributed by atoms with Crippen LogP contribution in [0.2, 0.25) is 0 Å². The Morgan fingerprint density at radius 3 is 2.91 bits per heavy atom. The molecular formula is C18H18N4O. The van der Waals surface area contributed by atoms with Gasteiger partial charge in [0, 0.05) is 42.9 Å². The summed E-state index contributed by atoms with van der Waals surface area (Å²) >= 11 is 0. The minimum atomic E-state index is -0.000200. The van der Waals surface area contributed by atoms with Crippen molar-refractivity contribution in [3.63, 3.8) is 0 Å². The summed E-state index contributed by atoms with van der Waals surface area (Å²) in [4.78, 5) is 19.9. The van der Waals surface area contributed by atoms with Crippen molar-refractivity contribution < 1.29 is 4.79 Å². The second kappa shape index (κ2) is 5.76. The van der Waals surface area contributed by atoms with Crippen molar-refractivity contribution in [2.45, 2.75) is 19.4 Å². The summed E-state index contributed by atoms with van der Waals surface area (Å²) in [6.45, 7) is 0.710. The number of carbonyl (C=O) groups is 1. The van der Waals surface area contributed by atoms with Crippen LogP contribution in [0, 0.1) is 5.92 Å². The van der Waals surface area contributed by atoms with Gasteiger partial charge in [0.15, 0.2) is 0 Å². The van der Waals surface area contributed by atoms with Gasteiger partial charge in [-0.15, -0.1) is 0 Å². The number of benzene rings is 1. The molecule has 1 aliphatic heterocycles. The van der Waals surface area contributed by atoms with Crippen molar-refractivity contribution in [3.05, 3.63) is 60.8 Å². The van der Waals surface area contributed by atoms with E-state index in [4.69, 9.17) is 0 Å². The van der Waals surface area contributed by atoms with Crippen molar-refractivity contribution in [1.82, 2.24) is 14.5 Å². The van der Waals surface area contributed by atoms with Crippen LogP contribution in [0.5, 0.6) is 0 Å². The number of carbonyl (C=O) groups excluding carboxylic acids is 1. The van der Waals surface area contributed by atoms with Gasteiger partial charge in [0.05, 0.1) is 5.92 Å². The standard InChI is InChI=1S/C18H18N4O/c23-18(14-5-8-17-20-10-11-22(17)12-14)21-15-6-3-13(4-7-15)16-2-1-9-19-16/h1-4,6-7,9-11,14,19H,5,8,12H2,(H,21,23). The van der Waals surface area contributed by atoms with Crippen LogP contribution in [0.3, 0.4) is 0 Å². The van der Waals surface area contributed by atoms with Gasteiger partial charge in [-0.3, -0.25) is 4.79 Å². The molecule has 0 spiro atoms. The number of aromatic amines is 1. The number of aromatic nitrogens is 3. The molecule has 116 valence electrons. The largest absolute Gasteiger partial charge is 0.361 e. The highest BCUT2D eigenvalue weighted by Gasteiger charge is 2.24. The molecule has 1 aromatic carbocycles. The summed E-state index contributed by atoms with van der Waals surface area (Å²) in [6, 6.07) is 11.9. The lowest BCUT2D eigenvalue weighted by Gasteiger charge is -2.23. The van der Waals surface area contributed by atoms with E-state index < -0.39 is 0 Å². The van der Waals surface area contributed by atoms with Crippen molar-refractivity contribution in [2.75, 3.05) is 5.32 Å². The Morgan fingerprint density at radius 2 is 2.13 bits per heavy atom. The van der Waals surface area contributed by atoms with Gasteiger partial charge >= 0.3 is 0 Å². The van der Waals surface area contributed by atoms with Crippen LogP contribution in [0.25, 0.3) is 11.3 Å². The fraction of sp³-hybridized carbons (Fsp3) is 0.222. The Bertz CT molecular complexity index is 802. The van der Waals surface area contributed by atoms with E-state index in [1.54, 1.807) is 6.20 Å². The first kappa shape index (κ1) is 13.8. The van der Waals surface area contributed by atoms with Gasteiger partial charge < -0.3 is 14.9 Å². The van der Waals surface area contributed by atoms with Crippen LogP contribution >= 0.6 is 0 Å². The molecule has 2 N–H and O–H groups in total. The number of H-pyrrole nitrogens is 1.